The Bertz CT molecular complexity index is 854. The summed E-state index contributed by atoms with van der Waals surface area (Å²) in [5.41, 5.74) is -1.62. The SMILES string of the molecule is Cc1[nH]c(-c2cccc(C(F)(F)F)c2)nc1C(=O)NC1(C(=O)O)CC1. The number of aromatic nitrogens is 2. The Hall–Kier alpha value is -2.84. The molecule has 0 spiro atoms. The summed E-state index contributed by atoms with van der Waals surface area (Å²) in [7, 11) is 0. The number of imidazole rings is 1. The van der Waals surface area contributed by atoms with E-state index in [0.29, 0.717) is 18.5 Å². The third-order valence-corrected chi connectivity index (χ3v) is 4.08. The molecule has 0 atom stereocenters. The molecular formula is C16H14F3N3O3. The molecule has 132 valence electrons. The molecule has 9 heteroatoms. The Morgan fingerprint density at radius 3 is 2.56 bits per heavy atom. The minimum absolute atomic E-state index is 0.0417. The van der Waals surface area contributed by atoms with Crippen molar-refractivity contribution < 1.29 is 27.9 Å². The smallest absolute Gasteiger partial charge is 0.416 e. The lowest BCUT2D eigenvalue weighted by atomic mass is 10.1. The minimum Gasteiger partial charge on any atom is -0.480 e. The number of aryl methyl sites for hydroxylation is 1. The zero-order valence-electron chi connectivity index (χ0n) is 13.1. The predicted molar refractivity (Wildman–Crippen MR) is 80.8 cm³/mol. The highest BCUT2D eigenvalue weighted by atomic mass is 19.4. The quantitative estimate of drug-likeness (QED) is 0.788. The molecule has 0 saturated heterocycles. The van der Waals surface area contributed by atoms with Crippen molar-refractivity contribution in [3.8, 4) is 11.4 Å². The molecule has 2 aromatic rings. The summed E-state index contributed by atoms with van der Waals surface area (Å²) in [6.45, 7) is 1.54. The van der Waals surface area contributed by atoms with Crippen molar-refractivity contribution in [2.24, 2.45) is 0 Å². The van der Waals surface area contributed by atoms with Gasteiger partial charge in [-0.1, -0.05) is 12.1 Å². The van der Waals surface area contributed by atoms with E-state index in [1.165, 1.54) is 12.1 Å². The van der Waals surface area contributed by atoms with E-state index in [9.17, 15) is 22.8 Å². The van der Waals surface area contributed by atoms with Gasteiger partial charge < -0.3 is 15.4 Å². The first kappa shape index (κ1) is 17.0. The Morgan fingerprint density at radius 2 is 2.00 bits per heavy atom. The second kappa shape index (κ2) is 5.61. The van der Waals surface area contributed by atoms with Crippen molar-refractivity contribution in [3.05, 3.63) is 41.2 Å². The lowest BCUT2D eigenvalue weighted by molar-refractivity contribution is -0.140. The van der Waals surface area contributed by atoms with Gasteiger partial charge in [0.05, 0.1) is 5.56 Å². The van der Waals surface area contributed by atoms with Crippen molar-refractivity contribution in [1.29, 1.82) is 0 Å². The number of carboxylic acids is 1. The molecule has 1 saturated carbocycles. The zero-order chi connectivity index (χ0) is 18.4. The van der Waals surface area contributed by atoms with Crippen LogP contribution in [0.2, 0.25) is 0 Å². The van der Waals surface area contributed by atoms with Gasteiger partial charge in [-0.25, -0.2) is 9.78 Å². The van der Waals surface area contributed by atoms with E-state index in [0.717, 1.165) is 12.1 Å². The van der Waals surface area contributed by atoms with Crippen molar-refractivity contribution in [2.75, 3.05) is 0 Å². The molecule has 1 aromatic carbocycles. The summed E-state index contributed by atoms with van der Waals surface area (Å²) in [5.74, 6) is -1.69. The Balaban J connectivity index is 1.88. The van der Waals surface area contributed by atoms with Gasteiger partial charge in [0, 0.05) is 11.3 Å². The van der Waals surface area contributed by atoms with E-state index in [1.807, 2.05) is 0 Å². The van der Waals surface area contributed by atoms with Gasteiger partial charge in [0.1, 0.15) is 17.1 Å². The molecule has 0 aliphatic heterocycles. The first-order valence-electron chi connectivity index (χ1n) is 7.42. The number of hydrogen-bond acceptors (Lipinski definition) is 3. The summed E-state index contributed by atoms with van der Waals surface area (Å²) >= 11 is 0. The van der Waals surface area contributed by atoms with Gasteiger partial charge in [-0.15, -0.1) is 0 Å². The van der Waals surface area contributed by atoms with Crippen LogP contribution in [0.1, 0.15) is 34.6 Å². The molecule has 25 heavy (non-hydrogen) atoms. The fourth-order valence-corrected chi connectivity index (χ4v) is 2.45. The molecule has 3 N–H and O–H groups in total. The molecule has 1 aliphatic rings. The number of nitrogens with one attached hydrogen (secondary N) is 2. The second-order valence-corrected chi connectivity index (χ2v) is 5.98. The largest absolute Gasteiger partial charge is 0.480 e. The van der Waals surface area contributed by atoms with Crippen LogP contribution in [0.25, 0.3) is 11.4 Å². The van der Waals surface area contributed by atoms with Gasteiger partial charge in [-0.05, 0) is 31.9 Å². The Morgan fingerprint density at radius 1 is 1.32 bits per heavy atom. The summed E-state index contributed by atoms with van der Waals surface area (Å²) in [6.07, 6.45) is -3.83. The van der Waals surface area contributed by atoms with E-state index in [2.05, 4.69) is 15.3 Å². The van der Waals surface area contributed by atoms with E-state index in [-0.39, 0.29) is 17.1 Å². The van der Waals surface area contributed by atoms with E-state index >= 15 is 0 Å². The fourth-order valence-electron chi connectivity index (χ4n) is 2.45. The molecule has 1 fully saturated rings. The number of carboxylic acid groups (broad SMARTS) is 1. The summed E-state index contributed by atoms with van der Waals surface area (Å²) < 4.78 is 38.4. The number of alkyl halides is 3. The highest BCUT2D eigenvalue weighted by molar-refractivity contribution is 5.98. The van der Waals surface area contributed by atoms with E-state index in [1.54, 1.807) is 6.92 Å². The standard InChI is InChI=1S/C16H14F3N3O3/c1-8-11(13(23)22-15(5-6-15)14(24)25)21-12(20-8)9-3-2-4-10(7-9)16(17,18)19/h2-4,7H,5-6H2,1H3,(H,20,21)(H,22,23)(H,24,25). The van der Waals surface area contributed by atoms with Crippen LogP contribution in [0.15, 0.2) is 24.3 Å². The van der Waals surface area contributed by atoms with E-state index < -0.39 is 29.2 Å². The van der Waals surface area contributed by atoms with Crippen LogP contribution in [-0.2, 0) is 11.0 Å². The maximum absolute atomic E-state index is 12.8. The monoisotopic (exact) mass is 353 g/mol. The number of amides is 1. The highest BCUT2D eigenvalue weighted by Crippen LogP contribution is 2.36. The van der Waals surface area contributed by atoms with Gasteiger partial charge >= 0.3 is 12.1 Å². The first-order valence-corrected chi connectivity index (χ1v) is 7.42. The number of hydrogen-bond donors (Lipinski definition) is 3. The lowest BCUT2D eigenvalue weighted by Gasteiger charge is -2.11. The number of benzene rings is 1. The van der Waals surface area contributed by atoms with Gasteiger partial charge in [0.15, 0.2) is 0 Å². The van der Waals surface area contributed by atoms with Crippen LogP contribution >= 0.6 is 0 Å². The number of carbonyl (C=O) groups excluding carboxylic acids is 1. The number of aliphatic carboxylic acids is 1. The number of H-pyrrole nitrogens is 1. The minimum atomic E-state index is -4.49. The molecule has 3 rings (SSSR count). The molecule has 1 aliphatic carbocycles. The second-order valence-electron chi connectivity index (χ2n) is 5.98. The van der Waals surface area contributed by atoms with Crippen LogP contribution in [0, 0.1) is 6.92 Å². The van der Waals surface area contributed by atoms with Gasteiger partial charge in [0.25, 0.3) is 5.91 Å². The molecule has 0 unspecified atom stereocenters. The third kappa shape index (κ3) is 3.21. The number of carbonyl (C=O) groups is 2. The molecular weight excluding hydrogens is 339 g/mol. The molecule has 0 radical (unpaired) electrons. The normalized spacial score (nSPS) is 15.7. The van der Waals surface area contributed by atoms with Gasteiger partial charge in [0.2, 0.25) is 0 Å². The van der Waals surface area contributed by atoms with Crippen molar-refractivity contribution in [2.45, 2.75) is 31.5 Å². The Labute approximate surface area is 140 Å². The van der Waals surface area contributed by atoms with E-state index in [4.69, 9.17) is 5.11 Å². The summed E-state index contributed by atoms with van der Waals surface area (Å²) in [6, 6.07) is 4.56. The maximum atomic E-state index is 12.8. The average Bonchev–Trinajstić information content (AvgIpc) is 3.21. The van der Waals surface area contributed by atoms with Crippen LogP contribution in [0.5, 0.6) is 0 Å². The maximum Gasteiger partial charge on any atom is 0.416 e. The predicted octanol–water partition coefficient (Wildman–Crippen LogP) is 2.75. The average molecular weight is 353 g/mol. The molecule has 1 aromatic heterocycles. The van der Waals surface area contributed by atoms with Crippen molar-refractivity contribution in [1.82, 2.24) is 15.3 Å². The number of nitrogens with zero attached hydrogens (tertiary/aromatic N) is 1. The fraction of sp³-hybridized carbons (Fsp3) is 0.312. The van der Waals surface area contributed by atoms with Crippen LogP contribution in [0.4, 0.5) is 13.2 Å². The summed E-state index contributed by atoms with van der Waals surface area (Å²) in [4.78, 5) is 30.2. The molecule has 6 nitrogen and oxygen atoms in total. The van der Waals surface area contributed by atoms with Gasteiger partial charge in [-0.3, -0.25) is 4.79 Å². The van der Waals surface area contributed by atoms with Crippen molar-refractivity contribution >= 4 is 11.9 Å². The number of halogens is 3. The van der Waals surface area contributed by atoms with Crippen molar-refractivity contribution in [3.63, 3.8) is 0 Å². The van der Waals surface area contributed by atoms with Crippen LogP contribution < -0.4 is 5.32 Å². The molecule has 1 heterocycles. The number of aromatic amines is 1. The zero-order valence-corrected chi connectivity index (χ0v) is 13.1. The van der Waals surface area contributed by atoms with Crippen LogP contribution in [-0.4, -0.2) is 32.5 Å². The number of rotatable bonds is 4. The first-order chi connectivity index (χ1) is 11.6. The third-order valence-electron chi connectivity index (χ3n) is 4.08. The Kier molecular flexibility index (Phi) is 3.81. The van der Waals surface area contributed by atoms with Crippen LogP contribution in [0.3, 0.4) is 0 Å². The molecule has 1 amide bonds. The molecule has 0 bridgehead atoms. The highest BCUT2D eigenvalue weighted by Gasteiger charge is 2.52. The summed E-state index contributed by atoms with van der Waals surface area (Å²) in [5, 5.41) is 11.5. The lowest BCUT2D eigenvalue weighted by Crippen LogP contribution is -2.43. The topological polar surface area (TPSA) is 95.1 Å². The van der Waals surface area contributed by atoms with Gasteiger partial charge in [-0.2, -0.15) is 13.2 Å².